The van der Waals surface area contributed by atoms with Crippen LogP contribution in [0.1, 0.15) is 43.6 Å². The van der Waals surface area contributed by atoms with Crippen LogP contribution in [0.4, 0.5) is 0 Å². The molecule has 0 radical (unpaired) electrons. The summed E-state index contributed by atoms with van der Waals surface area (Å²) in [5, 5.41) is 0. The first-order chi connectivity index (χ1) is 9.00. The summed E-state index contributed by atoms with van der Waals surface area (Å²) >= 11 is 0. The molecular weight excluding hydrogens is 234 g/mol. The molecule has 0 saturated carbocycles. The molecule has 3 heteroatoms. The quantitative estimate of drug-likeness (QED) is 0.878. The van der Waals surface area contributed by atoms with Crippen molar-refractivity contribution in [3.05, 3.63) is 41.3 Å². The maximum absolute atomic E-state index is 6.38. The standard InChI is InChI=1S/C16H23N3/c1-5-16(17,6-2)15-18-10-14(19-15)13-9-11(3)7-8-12(13)4/h7-10H,5-6,17H2,1-4H3,(H,18,19). The number of aromatic nitrogens is 2. The highest BCUT2D eigenvalue weighted by Gasteiger charge is 2.26. The number of nitrogens with two attached hydrogens (primary N) is 1. The maximum atomic E-state index is 6.38. The van der Waals surface area contributed by atoms with Gasteiger partial charge < -0.3 is 10.7 Å². The number of benzene rings is 1. The Kier molecular flexibility index (Phi) is 3.76. The number of hydrogen-bond acceptors (Lipinski definition) is 2. The molecule has 0 aliphatic rings. The smallest absolute Gasteiger partial charge is 0.126 e. The number of nitrogens with zero attached hydrogens (tertiary/aromatic N) is 1. The molecule has 102 valence electrons. The fourth-order valence-corrected chi connectivity index (χ4v) is 2.32. The molecule has 0 saturated heterocycles. The number of nitrogens with one attached hydrogen (secondary N) is 1. The molecule has 0 aliphatic carbocycles. The molecule has 1 aromatic heterocycles. The fourth-order valence-electron chi connectivity index (χ4n) is 2.32. The van der Waals surface area contributed by atoms with Crippen molar-refractivity contribution < 1.29 is 0 Å². The first-order valence-corrected chi connectivity index (χ1v) is 6.92. The molecule has 0 bridgehead atoms. The number of aryl methyl sites for hydroxylation is 2. The Morgan fingerprint density at radius 1 is 1.21 bits per heavy atom. The second kappa shape index (κ2) is 5.17. The van der Waals surface area contributed by atoms with Crippen molar-refractivity contribution in [2.45, 2.75) is 46.1 Å². The summed E-state index contributed by atoms with van der Waals surface area (Å²) in [6.07, 6.45) is 3.65. The van der Waals surface area contributed by atoms with Gasteiger partial charge in [0.1, 0.15) is 5.82 Å². The van der Waals surface area contributed by atoms with E-state index in [4.69, 9.17) is 5.73 Å². The molecule has 0 atom stereocenters. The van der Waals surface area contributed by atoms with Gasteiger partial charge in [-0.15, -0.1) is 0 Å². The average Bonchev–Trinajstić information content (AvgIpc) is 2.90. The largest absolute Gasteiger partial charge is 0.340 e. The van der Waals surface area contributed by atoms with Gasteiger partial charge in [-0.25, -0.2) is 4.98 Å². The maximum Gasteiger partial charge on any atom is 0.126 e. The molecule has 2 aromatic rings. The molecule has 0 aliphatic heterocycles. The van der Waals surface area contributed by atoms with E-state index in [1.807, 2.05) is 6.20 Å². The monoisotopic (exact) mass is 257 g/mol. The Balaban J connectivity index is 2.44. The predicted molar refractivity (Wildman–Crippen MR) is 79.9 cm³/mol. The number of aromatic amines is 1. The summed E-state index contributed by atoms with van der Waals surface area (Å²) in [6, 6.07) is 6.45. The van der Waals surface area contributed by atoms with Gasteiger partial charge in [-0.05, 0) is 38.3 Å². The molecule has 0 spiro atoms. The van der Waals surface area contributed by atoms with Crippen LogP contribution in [0.5, 0.6) is 0 Å². The molecule has 3 nitrogen and oxygen atoms in total. The van der Waals surface area contributed by atoms with E-state index >= 15 is 0 Å². The minimum atomic E-state index is -0.351. The molecule has 19 heavy (non-hydrogen) atoms. The molecule has 2 rings (SSSR count). The summed E-state index contributed by atoms with van der Waals surface area (Å²) in [4.78, 5) is 7.90. The van der Waals surface area contributed by atoms with Crippen LogP contribution in [0.3, 0.4) is 0 Å². The van der Waals surface area contributed by atoms with Gasteiger partial charge in [-0.2, -0.15) is 0 Å². The van der Waals surface area contributed by atoms with Crippen LogP contribution in [0.15, 0.2) is 24.4 Å². The van der Waals surface area contributed by atoms with Crippen molar-refractivity contribution in [3.63, 3.8) is 0 Å². The SMILES string of the molecule is CCC(N)(CC)c1ncc(-c2cc(C)ccc2C)[nH]1. The zero-order valence-electron chi connectivity index (χ0n) is 12.2. The summed E-state index contributed by atoms with van der Waals surface area (Å²) in [5.41, 5.74) is 10.8. The van der Waals surface area contributed by atoms with Gasteiger partial charge in [-0.1, -0.05) is 31.5 Å². The Morgan fingerprint density at radius 3 is 2.53 bits per heavy atom. The number of H-pyrrole nitrogens is 1. The second-order valence-corrected chi connectivity index (χ2v) is 5.33. The lowest BCUT2D eigenvalue weighted by atomic mass is 9.93. The van der Waals surface area contributed by atoms with E-state index in [9.17, 15) is 0 Å². The zero-order valence-corrected chi connectivity index (χ0v) is 12.2. The Labute approximate surface area is 115 Å². The van der Waals surface area contributed by atoms with Crippen LogP contribution in [0, 0.1) is 13.8 Å². The van der Waals surface area contributed by atoms with E-state index in [0.717, 1.165) is 24.4 Å². The van der Waals surface area contributed by atoms with Gasteiger partial charge in [-0.3, -0.25) is 0 Å². The molecule has 0 fully saturated rings. The summed E-state index contributed by atoms with van der Waals surface area (Å²) < 4.78 is 0. The van der Waals surface area contributed by atoms with Crippen molar-refractivity contribution in [2.75, 3.05) is 0 Å². The van der Waals surface area contributed by atoms with E-state index < -0.39 is 0 Å². The van der Waals surface area contributed by atoms with Crippen molar-refractivity contribution in [1.82, 2.24) is 9.97 Å². The Bertz CT molecular complexity index is 565. The van der Waals surface area contributed by atoms with Crippen LogP contribution < -0.4 is 5.73 Å². The highest BCUT2D eigenvalue weighted by Crippen LogP contribution is 2.27. The number of rotatable bonds is 4. The van der Waals surface area contributed by atoms with Crippen LogP contribution >= 0.6 is 0 Å². The van der Waals surface area contributed by atoms with Gasteiger partial charge in [0, 0.05) is 5.56 Å². The van der Waals surface area contributed by atoms with E-state index in [-0.39, 0.29) is 5.54 Å². The Morgan fingerprint density at radius 2 is 1.89 bits per heavy atom. The molecule has 0 unspecified atom stereocenters. The summed E-state index contributed by atoms with van der Waals surface area (Å²) in [5.74, 6) is 0.883. The lowest BCUT2D eigenvalue weighted by molar-refractivity contribution is 0.391. The van der Waals surface area contributed by atoms with Crippen LogP contribution in [-0.4, -0.2) is 9.97 Å². The lowest BCUT2D eigenvalue weighted by Gasteiger charge is -2.23. The highest BCUT2D eigenvalue weighted by atomic mass is 15.0. The first kappa shape index (κ1) is 13.8. The van der Waals surface area contributed by atoms with E-state index in [1.165, 1.54) is 16.7 Å². The Hall–Kier alpha value is -1.61. The minimum Gasteiger partial charge on any atom is -0.340 e. The van der Waals surface area contributed by atoms with Crippen molar-refractivity contribution in [1.29, 1.82) is 0 Å². The van der Waals surface area contributed by atoms with E-state index in [1.54, 1.807) is 0 Å². The van der Waals surface area contributed by atoms with E-state index in [2.05, 4.69) is 55.9 Å². The first-order valence-electron chi connectivity index (χ1n) is 6.92. The highest BCUT2D eigenvalue weighted by molar-refractivity contribution is 5.64. The van der Waals surface area contributed by atoms with E-state index in [0.29, 0.717) is 0 Å². The second-order valence-electron chi connectivity index (χ2n) is 5.33. The third-order valence-corrected chi connectivity index (χ3v) is 3.99. The summed E-state index contributed by atoms with van der Waals surface area (Å²) in [6.45, 7) is 8.42. The van der Waals surface area contributed by atoms with Crippen LogP contribution in [0.2, 0.25) is 0 Å². The number of imidazole rings is 1. The van der Waals surface area contributed by atoms with Gasteiger partial charge in [0.15, 0.2) is 0 Å². The molecule has 0 amide bonds. The van der Waals surface area contributed by atoms with Crippen LogP contribution in [0.25, 0.3) is 11.3 Å². The normalized spacial score (nSPS) is 11.8. The number of hydrogen-bond donors (Lipinski definition) is 2. The third kappa shape index (κ3) is 2.56. The molecule has 3 N–H and O–H groups in total. The predicted octanol–water partition coefficient (Wildman–Crippen LogP) is 3.67. The molecule has 1 heterocycles. The van der Waals surface area contributed by atoms with Gasteiger partial charge >= 0.3 is 0 Å². The van der Waals surface area contributed by atoms with Gasteiger partial charge in [0.25, 0.3) is 0 Å². The van der Waals surface area contributed by atoms with Crippen molar-refractivity contribution in [3.8, 4) is 11.3 Å². The van der Waals surface area contributed by atoms with Gasteiger partial charge in [0.05, 0.1) is 17.4 Å². The van der Waals surface area contributed by atoms with Crippen LogP contribution in [-0.2, 0) is 5.54 Å². The van der Waals surface area contributed by atoms with Gasteiger partial charge in [0.2, 0.25) is 0 Å². The molecule has 1 aromatic carbocycles. The lowest BCUT2D eigenvalue weighted by Crippen LogP contribution is -2.36. The van der Waals surface area contributed by atoms with Crippen molar-refractivity contribution in [2.24, 2.45) is 5.73 Å². The average molecular weight is 257 g/mol. The third-order valence-electron chi connectivity index (χ3n) is 3.99. The zero-order chi connectivity index (χ0) is 14.0. The fraction of sp³-hybridized carbons (Fsp3) is 0.438. The molecular formula is C16H23N3. The topological polar surface area (TPSA) is 54.7 Å². The van der Waals surface area contributed by atoms with Crippen molar-refractivity contribution >= 4 is 0 Å². The summed E-state index contributed by atoms with van der Waals surface area (Å²) in [7, 11) is 0. The minimum absolute atomic E-state index is 0.351.